The number of ether oxygens (including phenoxy) is 1. The third kappa shape index (κ3) is 1.67. The summed E-state index contributed by atoms with van der Waals surface area (Å²) < 4.78 is 5.84. The van der Waals surface area contributed by atoms with Crippen LogP contribution in [0, 0.1) is 5.92 Å². The van der Waals surface area contributed by atoms with Crippen LogP contribution in [0.15, 0.2) is 47.7 Å². The number of carbonyl (C=O) groups is 2. The summed E-state index contributed by atoms with van der Waals surface area (Å²) >= 11 is 0. The first-order valence-corrected chi connectivity index (χ1v) is 7.13. The fourth-order valence-corrected chi connectivity index (χ4v) is 3.35. The van der Waals surface area contributed by atoms with Gasteiger partial charge >= 0.3 is 0 Å². The van der Waals surface area contributed by atoms with Gasteiger partial charge in [0.1, 0.15) is 5.76 Å². The van der Waals surface area contributed by atoms with Crippen LogP contribution in [-0.2, 0) is 14.3 Å². The van der Waals surface area contributed by atoms with Crippen molar-refractivity contribution in [3.05, 3.63) is 58.2 Å². The van der Waals surface area contributed by atoms with Crippen molar-refractivity contribution in [3.63, 3.8) is 0 Å². The molecule has 1 aromatic carbocycles. The lowest BCUT2D eigenvalue weighted by Crippen LogP contribution is -2.37. The lowest BCUT2D eigenvalue weighted by Gasteiger charge is -2.22. The molecule has 1 aliphatic heterocycles. The van der Waals surface area contributed by atoms with E-state index in [1.807, 2.05) is 49.4 Å². The van der Waals surface area contributed by atoms with Gasteiger partial charge in [-0.05, 0) is 17.4 Å². The van der Waals surface area contributed by atoms with Crippen molar-refractivity contribution in [1.82, 2.24) is 0 Å². The van der Waals surface area contributed by atoms with Gasteiger partial charge in [-0.15, -0.1) is 0 Å². The van der Waals surface area contributed by atoms with Gasteiger partial charge in [0.05, 0.1) is 12.0 Å². The smallest absolute Gasteiger partial charge is 0.232 e. The average Bonchev–Trinajstić information content (AvgIpc) is 2.76. The Morgan fingerprint density at radius 3 is 2.81 bits per heavy atom. The number of hydrogen-bond acceptors (Lipinski definition) is 3. The Labute approximate surface area is 121 Å². The molecule has 0 bridgehead atoms. The van der Waals surface area contributed by atoms with E-state index in [9.17, 15) is 9.59 Å². The number of allylic oxidation sites excluding steroid dienone is 2. The Morgan fingerprint density at radius 1 is 1.14 bits per heavy atom. The van der Waals surface area contributed by atoms with Gasteiger partial charge in [0.25, 0.3) is 0 Å². The van der Waals surface area contributed by atoms with E-state index in [1.165, 1.54) is 0 Å². The van der Waals surface area contributed by atoms with Crippen molar-refractivity contribution in [1.29, 1.82) is 0 Å². The van der Waals surface area contributed by atoms with Crippen molar-refractivity contribution in [2.45, 2.75) is 19.4 Å². The Morgan fingerprint density at radius 2 is 1.95 bits per heavy atom. The van der Waals surface area contributed by atoms with Crippen LogP contribution >= 0.6 is 0 Å². The Hall–Kier alpha value is -2.42. The Bertz CT molecular complexity index is 855. The highest BCUT2D eigenvalue weighted by Gasteiger charge is 2.43. The van der Waals surface area contributed by atoms with Gasteiger partial charge in [0.2, 0.25) is 11.6 Å². The van der Waals surface area contributed by atoms with Gasteiger partial charge in [-0.2, -0.15) is 0 Å². The third-order valence-electron chi connectivity index (χ3n) is 4.27. The molecule has 0 saturated heterocycles. The van der Waals surface area contributed by atoms with Gasteiger partial charge in [-0.1, -0.05) is 42.5 Å². The van der Waals surface area contributed by atoms with Crippen molar-refractivity contribution >= 4 is 23.2 Å². The van der Waals surface area contributed by atoms with Gasteiger partial charge in [0.15, 0.2) is 0 Å². The van der Waals surface area contributed by atoms with Crippen LogP contribution in [0.2, 0.25) is 0 Å². The topological polar surface area (TPSA) is 43.4 Å². The molecular weight excluding hydrogens is 264 g/mol. The summed E-state index contributed by atoms with van der Waals surface area (Å²) in [4.78, 5) is 25.0. The number of benzene rings is 1. The first-order valence-electron chi connectivity index (χ1n) is 7.13. The fourth-order valence-electron chi connectivity index (χ4n) is 3.35. The Balaban J connectivity index is 2.07. The molecule has 0 spiro atoms. The van der Waals surface area contributed by atoms with Crippen molar-refractivity contribution in [2.75, 3.05) is 0 Å². The summed E-state index contributed by atoms with van der Waals surface area (Å²) in [5, 5.41) is 1.79. The molecule has 4 rings (SSSR count). The fraction of sp³-hybridized carbons (Fsp3) is 0.222. The molecule has 0 N–H and O–H groups in total. The summed E-state index contributed by atoms with van der Waals surface area (Å²) in [6.45, 7) is 1.93. The number of carbonyl (C=O) groups excluding carboxylic acids is 2. The molecule has 3 aliphatic rings. The zero-order valence-corrected chi connectivity index (χ0v) is 11.6. The molecule has 2 atom stereocenters. The summed E-state index contributed by atoms with van der Waals surface area (Å²) in [6, 6.07) is 7.67. The van der Waals surface area contributed by atoms with E-state index in [0.717, 1.165) is 10.4 Å². The molecule has 2 aliphatic carbocycles. The normalized spacial score (nSPS) is 26.6. The molecule has 21 heavy (non-hydrogen) atoms. The predicted octanol–water partition coefficient (Wildman–Crippen LogP) is 1.02. The second-order valence-corrected chi connectivity index (χ2v) is 5.66. The number of fused-ring (bicyclic) bond motifs is 3. The lowest BCUT2D eigenvalue weighted by molar-refractivity contribution is -0.131. The van der Waals surface area contributed by atoms with Crippen LogP contribution in [0.25, 0.3) is 11.6 Å². The van der Waals surface area contributed by atoms with Crippen LogP contribution in [0.5, 0.6) is 0 Å². The summed E-state index contributed by atoms with van der Waals surface area (Å²) in [7, 11) is 0. The predicted molar refractivity (Wildman–Crippen MR) is 78.4 cm³/mol. The van der Waals surface area contributed by atoms with Crippen molar-refractivity contribution < 1.29 is 14.3 Å². The SMILES string of the molecule is CC1CC2=C(O1)C1C=CC=c3ccccc3=C1C(=O)C2=O. The molecular formula is C18H14O3. The van der Waals surface area contributed by atoms with Crippen LogP contribution in [0.1, 0.15) is 13.3 Å². The zero-order chi connectivity index (χ0) is 14.6. The molecule has 104 valence electrons. The molecule has 3 heteroatoms. The molecule has 1 aromatic rings. The maximum Gasteiger partial charge on any atom is 0.232 e. The minimum Gasteiger partial charge on any atom is -0.493 e. The second kappa shape index (κ2) is 4.29. The Kier molecular flexibility index (Phi) is 2.52. The minimum absolute atomic E-state index is 0.0398. The van der Waals surface area contributed by atoms with Gasteiger partial charge < -0.3 is 4.74 Å². The highest BCUT2D eigenvalue weighted by atomic mass is 16.5. The maximum absolute atomic E-state index is 12.6. The van der Waals surface area contributed by atoms with E-state index in [2.05, 4.69) is 0 Å². The highest BCUT2D eigenvalue weighted by molar-refractivity contribution is 6.58. The standard InChI is InChI=1S/C18H14O3/c1-10-9-14-16(19)17(20)15-12-7-3-2-5-11(12)6-4-8-13(15)18(14)21-10/h2-8,10,13H,9H2,1H3. The first-order chi connectivity index (χ1) is 10.2. The zero-order valence-electron chi connectivity index (χ0n) is 11.6. The van der Waals surface area contributed by atoms with E-state index in [1.54, 1.807) is 0 Å². The number of ketones is 2. The van der Waals surface area contributed by atoms with Gasteiger partial charge in [0, 0.05) is 17.6 Å². The lowest BCUT2D eigenvalue weighted by atomic mass is 9.80. The van der Waals surface area contributed by atoms with E-state index in [-0.39, 0.29) is 17.8 Å². The average molecular weight is 278 g/mol. The molecule has 0 saturated carbocycles. The number of Topliss-reactive ketones (excluding diaryl/α,β-unsaturated/α-hetero) is 2. The molecule has 2 unspecified atom stereocenters. The second-order valence-electron chi connectivity index (χ2n) is 5.66. The largest absolute Gasteiger partial charge is 0.493 e. The molecule has 0 fully saturated rings. The third-order valence-corrected chi connectivity index (χ3v) is 4.27. The van der Waals surface area contributed by atoms with Gasteiger partial charge in [-0.25, -0.2) is 0 Å². The number of hydrogen-bond donors (Lipinski definition) is 0. The van der Waals surface area contributed by atoms with Crippen LogP contribution in [-0.4, -0.2) is 17.7 Å². The summed E-state index contributed by atoms with van der Waals surface area (Å²) in [5.74, 6) is -0.354. The number of rotatable bonds is 0. The molecule has 3 nitrogen and oxygen atoms in total. The molecule has 0 radical (unpaired) electrons. The van der Waals surface area contributed by atoms with E-state index in [4.69, 9.17) is 4.74 Å². The van der Waals surface area contributed by atoms with E-state index >= 15 is 0 Å². The summed E-state index contributed by atoms with van der Waals surface area (Å²) in [6.07, 6.45) is 6.35. The first kappa shape index (κ1) is 12.3. The quantitative estimate of drug-likeness (QED) is 0.665. The van der Waals surface area contributed by atoms with E-state index < -0.39 is 5.78 Å². The van der Waals surface area contributed by atoms with Gasteiger partial charge in [-0.3, -0.25) is 9.59 Å². The molecule has 1 heterocycles. The highest BCUT2D eigenvalue weighted by Crippen LogP contribution is 2.40. The van der Waals surface area contributed by atoms with Crippen molar-refractivity contribution in [3.8, 4) is 0 Å². The van der Waals surface area contributed by atoms with Crippen molar-refractivity contribution in [2.24, 2.45) is 5.92 Å². The van der Waals surface area contributed by atoms with Crippen LogP contribution in [0.3, 0.4) is 0 Å². The van der Waals surface area contributed by atoms with Crippen LogP contribution in [0.4, 0.5) is 0 Å². The maximum atomic E-state index is 12.6. The van der Waals surface area contributed by atoms with Crippen LogP contribution < -0.4 is 10.4 Å². The molecule has 0 aromatic heterocycles. The molecule has 0 amide bonds. The minimum atomic E-state index is -0.397. The van der Waals surface area contributed by atoms with E-state index in [0.29, 0.717) is 23.3 Å². The monoisotopic (exact) mass is 278 g/mol. The summed E-state index contributed by atoms with van der Waals surface area (Å²) in [5.41, 5.74) is 1.11.